The van der Waals surface area contributed by atoms with Gasteiger partial charge in [-0.1, -0.05) is 42.5 Å². The minimum absolute atomic E-state index is 0.271. The molecule has 0 aliphatic heterocycles. The molecule has 0 saturated carbocycles. The summed E-state index contributed by atoms with van der Waals surface area (Å²) in [5, 5.41) is 9.35. The van der Waals surface area contributed by atoms with E-state index in [4.69, 9.17) is 4.74 Å². The van der Waals surface area contributed by atoms with E-state index in [0.717, 1.165) is 16.9 Å². The Morgan fingerprint density at radius 2 is 1.82 bits per heavy atom. The van der Waals surface area contributed by atoms with Crippen LogP contribution in [0.15, 0.2) is 48.5 Å². The van der Waals surface area contributed by atoms with Crippen LogP contribution in [0.3, 0.4) is 0 Å². The van der Waals surface area contributed by atoms with Crippen molar-refractivity contribution in [1.82, 2.24) is 0 Å². The fourth-order valence-electron chi connectivity index (χ4n) is 1.62. The van der Waals surface area contributed by atoms with Crippen LogP contribution in [0.25, 0.3) is 12.2 Å². The van der Waals surface area contributed by atoms with Crippen LogP contribution in [-0.2, 0) is 0 Å². The van der Waals surface area contributed by atoms with E-state index >= 15 is 0 Å². The fourth-order valence-corrected chi connectivity index (χ4v) is 1.62. The Bertz CT molecular complexity index is 530. The van der Waals surface area contributed by atoms with E-state index < -0.39 is 0 Å². The van der Waals surface area contributed by atoms with E-state index in [0.29, 0.717) is 0 Å². The van der Waals surface area contributed by atoms with Gasteiger partial charge < -0.3 is 9.84 Å². The van der Waals surface area contributed by atoms with Gasteiger partial charge in [-0.15, -0.1) is 0 Å². The third kappa shape index (κ3) is 2.88. The van der Waals surface area contributed by atoms with Crippen LogP contribution >= 0.6 is 0 Å². The Morgan fingerprint density at radius 3 is 2.59 bits per heavy atom. The quantitative estimate of drug-likeness (QED) is 0.811. The predicted octanol–water partition coefficient (Wildman–Crippen LogP) is 3.57. The average Bonchev–Trinajstić information content (AvgIpc) is 2.37. The minimum atomic E-state index is 0.271. The summed E-state index contributed by atoms with van der Waals surface area (Å²) >= 11 is 0. The fraction of sp³-hybridized carbons (Fsp3) is 0.0667. The number of aromatic hydroxyl groups is 1. The summed E-state index contributed by atoms with van der Waals surface area (Å²) in [6.45, 7) is 0. The molecule has 0 radical (unpaired) electrons. The van der Waals surface area contributed by atoms with Gasteiger partial charge in [0.2, 0.25) is 0 Å². The number of hydrogen-bond acceptors (Lipinski definition) is 2. The molecule has 0 saturated heterocycles. The summed E-state index contributed by atoms with van der Waals surface area (Å²) < 4.78 is 5.26. The molecule has 0 aromatic heterocycles. The number of para-hydroxylation sites is 1. The summed E-state index contributed by atoms with van der Waals surface area (Å²) in [5.41, 5.74) is 1.97. The zero-order chi connectivity index (χ0) is 12.1. The lowest BCUT2D eigenvalue weighted by Gasteiger charge is -2.03. The molecule has 0 aliphatic carbocycles. The number of phenolic OH excluding ortho intramolecular Hbond substituents is 1. The van der Waals surface area contributed by atoms with Crippen molar-refractivity contribution >= 4 is 12.2 Å². The van der Waals surface area contributed by atoms with Crippen molar-refractivity contribution in [2.45, 2.75) is 0 Å². The molecule has 86 valence electrons. The normalized spacial score (nSPS) is 10.6. The molecule has 2 heteroatoms. The smallest absolute Gasteiger partial charge is 0.126 e. The molecule has 17 heavy (non-hydrogen) atoms. The van der Waals surface area contributed by atoms with Gasteiger partial charge in [0.1, 0.15) is 11.5 Å². The maximum atomic E-state index is 9.35. The molecule has 0 spiro atoms. The zero-order valence-electron chi connectivity index (χ0n) is 9.63. The zero-order valence-corrected chi connectivity index (χ0v) is 9.63. The SMILES string of the molecule is COc1ccccc1/C=C/c1cccc(O)c1. The van der Waals surface area contributed by atoms with Crippen molar-refractivity contribution in [3.63, 3.8) is 0 Å². The van der Waals surface area contributed by atoms with E-state index in [1.807, 2.05) is 48.6 Å². The first kappa shape index (κ1) is 11.3. The maximum absolute atomic E-state index is 9.35. The molecule has 0 atom stereocenters. The highest BCUT2D eigenvalue weighted by Crippen LogP contribution is 2.20. The van der Waals surface area contributed by atoms with E-state index in [1.54, 1.807) is 19.2 Å². The lowest BCUT2D eigenvalue weighted by atomic mass is 10.1. The van der Waals surface area contributed by atoms with Crippen molar-refractivity contribution in [1.29, 1.82) is 0 Å². The molecule has 0 fully saturated rings. The second-order valence-electron chi connectivity index (χ2n) is 3.67. The molecular weight excluding hydrogens is 212 g/mol. The molecule has 2 aromatic carbocycles. The summed E-state index contributed by atoms with van der Waals surface area (Å²) in [6, 6.07) is 14.9. The Balaban J connectivity index is 2.26. The van der Waals surface area contributed by atoms with Crippen LogP contribution in [0.2, 0.25) is 0 Å². The summed E-state index contributed by atoms with van der Waals surface area (Å²) in [7, 11) is 1.65. The molecule has 0 bridgehead atoms. The second kappa shape index (κ2) is 5.21. The highest BCUT2D eigenvalue weighted by Gasteiger charge is 1.96. The first-order valence-corrected chi connectivity index (χ1v) is 5.40. The highest BCUT2D eigenvalue weighted by molar-refractivity contribution is 5.72. The molecule has 0 amide bonds. The summed E-state index contributed by atoms with van der Waals surface area (Å²) in [4.78, 5) is 0. The molecular formula is C15H14O2. The minimum Gasteiger partial charge on any atom is -0.508 e. The Labute approximate surface area is 101 Å². The van der Waals surface area contributed by atoms with E-state index in [2.05, 4.69) is 0 Å². The number of rotatable bonds is 3. The molecule has 2 nitrogen and oxygen atoms in total. The number of ether oxygens (including phenoxy) is 1. The van der Waals surface area contributed by atoms with Gasteiger partial charge in [-0.05, 0) is 23.8 Å². The standard InChI is InChI=1S/C15H14O2/c1-17-15-8-3-2-6-13(15)10-9-12-5-4-7-14(16)11-12/h2-11,16H,1H3/b10-9+. The van der Waals surface area contributed by atoms with E-state index in [-0.39, 0.29) is 5.75 Å². The van der Waals surface area contributed by atoms with Gasteiger partial charge in [0.05, 0.1) is 7.11 Å². The maximum Gasteiger partial charge on any atom is 0.126 e. The molecule has 1 N–H and O–H groups in total. The van der Waals surface area contributed by atoms with Crippen molar-refractivity contribution in [2.75, 3.05) is 7.11 Å². The van der Waals surface area contributed by atoms with Crippen LogP contribution in [0.1, 0.15) is 11.1 Å². The Kier molecular flexibility index (Phi) is 3.46. The molecule has 0 unspecified atom stereocenters. The average molecular weight is 226 g/mol. The Morgan fingerprint density at radius 1 is 1.00 bits per heavy atom. The number of benzene rings is 2. The highest BCUT2D eigenvalue weighted by atomic mass is 16.5. The first-order chi connectivity index (χ1) is 8.29. The van der Waals surface area contributed by atoms with Crippen molar-refractivity contribution in [3.8, 4) is 11.5 Å². The van der Waals surface area contributed by atoms with Crippen LogP contribution in [0.5, 0.6) is 11.5 Å². The van der Waals surface area contributed by atoms with E-state index in [9.17, 15) is 5.11 Å². The second-order valence-corrected chi connectivity index (χ2v) is 3.67. The van der Waals surface area contributed by atoms with Crippen molar-refractivity contribution in [2.24, 2.45) is 0 Å². The molecule has 0 aliphatic rings. The van der Waals surface area contributed by atoms with Gasteiger partial charge in [0.25, 0.3) is 0 Å². The van der Waals surface area contributed by atoms with Crippen molar-refractivity contribution < 1.29 is 9.84 Å². The number of phenols is 1. The lowest BCUT2D eigenvalue weighted by Crippen LogP contribution is -1.85. The van der Waals surface area contributed by atoms with Gasteiger partial charge in [-0.3, -0.25) is 0 Å². The van der Waals surface area contributed by atoms with Gasteiger partial charge in [-0.25, -0.2) is 0 Å². The topological polar surface area (TPSA) is 29.5 Å². The third-order valence-corrected chi connectivity index (χ3v) is 2.46. The summed E-state index contributed by atoms with van der Waals surface area (Å²) in [5.74, 6) is 1.11. The number of hydrogen-bond donors (Lipinski definition) is 1. The number of methoxy groups -OCH3 is 1. The monoisotopic (exact) mass is 226 g/mol. The van der Waals surface area contributed by atoms with Crippen LogP contribution in [0, 0.1) is 0 Å². The Hall–Kier alpha value is -2.22. The summed E-state index contributed by atoms with van der Waals surface area (Å²) in [6.07, 6.45) is 3.91. The molecule has 2 rings (SSSR count). The van der Waals surface area contributed by atoms with Gasteiger partial charge in [0, 0.05) is 5.56 Å². The van der Waals surface area contributed by atoms with Crippen LogP contribution in [0.4, 0.5) is 0 Å². The van der Waals surface area contributed by atoms with Crippen LogP contribution in [-0.4, -0.2) is 12.2 Å². The van der Waals surface area contributed by atoms with Crippen molar-refractivity contribution in [3.05, 3.63) is 59.7 Å². The third-order valence-electron chi connectivity index (χ3n) is 2.46. The van der Waals surface area contributed by atoms with Gasteiger partial charge >= 0.3 is 0 Å². The molecule has 2 aromatic rings. The lowest BCUT2D eigenvalue weighted by molar-refractivity contribution is 0.414. The molecule has 0 heterocycles. The predicted molar refractivity (Wildman–Crippen MR) is 70.0 cm³/mol. The van der Waals surface area contributed by atoms with Crippen LogP contribution < -0.4 is 4.74 Å². The van der Waals surface area contributed by atoms with Gasteiger partial charge in [0.15, 0.2) is 0 Å². The van der Waals surface area contributed by atoms with E-state index in [1.165, 1.54) is 0 Å². The first-order valence-electron chi connectivity index (χ1n) is 5.40. The van der Waals surface area contributed by atoms with Gasteiger partial charge in [-0.2, -0.15) is 0 Å². The largest absolute Gasteiger partial charge is 0.508 e.